The van der Waals surface area contributed by atoms with Crippen molar-refractivity contribution in [2.75, 3.05) is 13.2 Å². The Bertz CT molecular complexity index is 728. The number of carbonyl (C=O) groups excluding carboxylic acids is 2. The highest BCUT2D eigenvalue weighted by Gasteiger charge is 2.07. The zero-order chi connectivity index (χ0) is 18.6. The molecule has 6 nitrogen and oxygen atoms in total. The van der Waals surface area contributed by atoms with E-state index in [2.05, 4.69) is 22.8 Å². The minimum atomic E-state index is -0.398. The average Bonchev–Trinajstić information content (AvgIpc) is 2.68. The second-order valence-corrected chi connectivity index (χ2v) is 5.61. The molecule has 136 valence electrons. The van der Waals surface area contributed by atoms with Crippen LogP contribution in [0.4, 0.5) is 0 Å². The Hall–Kier alpha value is -3.15. The molecule has 0 heterocycles. The summed E-state index contributed by atoms with van der Waals surface area (Å²) in [6, 6.07) is 16.2. The van der Waals surface area contributed by atoms with Gasteiger partial charge in [-0.2, -0.15) is 5.10 Å². The molecule has 0 aromatic heterocycles. The van der Waals surface area contributed by atoms with E-state index in [4.69, 9.17) is 4.74 Å². The highest BCUT2D eigenvalue weighted by Crippen LogP contribution is 2.12. The van der Waals surface area contributed by atoms with E-state index in [0.29, 0.717) is 12.2 Å². The fraction of sp³-hybridized carbons (Fsp3) is 0.250. The molecule has 0 aliphatic heterocycles. The van der Waals surface area contributed by atoms with Gasteiger partial charge in [-0.15, -0.1) is 0 Å². The molecule has 6 heteroatoms. The second-order valence-electron chi connectivity index (χ2n) is 5.61. The Morgan fingerprint density at radius 1 is 1.08 bits per heavy atom. The van der Waals surface area contributed by atoms with E-state index in [1.54, 1.807) is 24.3 Å². The fourth-order valence-corrected chi connectivity index (χ4v) is 2.06. The van der Waals surface area contributed by atoms with Gasteiger partial charge in [0.1, 0.15) is 5.75 Å². The molecule has 0 aliphatic rings. The first-order valence-electron chi connectivity index (χ1n) is 8.57. The number of ether oxygens (including phenoxy) is 1. The normalized spacial score (nSPS) is 10.5. The number of benzene rings is 2. The number of hydrogen-bond acceptors (Lipinski definition) is 4. The highest BCUT2D eigenvalue weighted by atomic mass is 16.5. The van der Waals surface area contributed by atoms with Gasteiger partial charge >= 0.3 is 0 Å². The van der Waals surface area contributed by atoms with Gasteiger partial charge in [0.05, 0.1) is 19.4 Å². The van der Waals surface area contributed by atoms with Gasteiger partial charge in [-0.1, -0.05) is 43.7 Å². The van der Waals surface area contributed by atoms with E-state index in [1.807, 2.05) is 30.3 Å². The van der Waals surface area contributed by atoms with Gasteiger partial charge in [0.15, 0.2) is 0 Å². The summed E-state index contributed by atoms with van der Waals surface area (Å²) in [5, 5.41) is 6.40. The molecule has 0 saturated carbocycles. The van der Waals surface area contributed by atoms with Crippen molar-refractivity contribution in [2.45, 2.75) is 19.8 Å². The van der Waals surface area contributed by atoms with Crippen molar-refractivity contribution < 1.29 is 14.3 Å². The summed E-state index contributed by atoms with van der Waals surface area (Å²) in [5.74, 6) is 0.000314. The molecule has 0 saturated heterocycles. The van der Waals surface area contributed by atoms with Crippen molar-refractivity contribution in [1.29, 1.82) is 0 Å². The molecule has 0 fully saturated rings. The minimum Gasteiger partial charge on any atom is -0.494 e. The lowest BCUT2D eigenvalue weighted by atomic mass is 10.2. The van der Waals surface area contributed by atoms with Gasteiger partial charge < -0.3 is 10.1 Å². The van der Waals surface area contributed by atoms with Crippen LogP contribution in [0, 0.1) is 0 Å². The topological polar surface area (TPSA) is 79.8 Å². The van der Waals surface area contributed by atoms with E-state index in [1.165, 1.54) is 6.21 Å². The molecule has 0 bridgehead atoms. The van der Waals surface area contributed by atoms with Crippen LogP contribution in [0.25, 0.3) is 0 Å². The predicted molar refractivity (Wildman–Crippen MR) is 101 cm³/mol. The molecule has 0 atom stereocenters. The third-order valence-electron chi connectivity index (χ3n) is 3.50. The first-order chi connectivity index (χ1) is 12.7. The van der Waals surface area contributed by atoms with E-state index >= 15 is 0 Å². The predicted octanol–water partition coefficient (Wildman–Crippen LogP) is 2.75. The van der Waals surface area contributed by atoms with Gasteiger partial charge in [-0.05, 0) is 36.2 Å². The SMILES string of the molecule is CCCCOc1ccc(C(=O)NCC(=O)N/N=C\c2ccccc2)cc1. The minimum absolute atomic E-state index is 0.153. The van der Waals surface area contributed by atoms with E-state index in [-0.39, 0.29) is 12.5 Å². The van der Waals surface area contributed by atoms with Crippen molar-refractivity contribution in [3.8, 4) is 5.75 Å². The third kappa shape index (κ3) is 6.76. The maximum atomic E-state index is 12.0. The molecule has 0 radical (unpaired) electrons. The summed E-state index contributed by atoms with van der Waals surface area (Å²) >= 11 is 0. The largest absolute Gasteiger partial charge is 0.494 e. The Kier molecular flexibility index (Phi) is 7.86. The molecule has 2 aromatic carbocycles. The number of nitrogens with one attached hydrogen (secondary N) is 2. The smallest absolute Gasteiger partial charge is 0.259 e. The van der Waals surface area contributed by atoms with Gasteiger partial charge in [0, 0.05) is 5.56 Å². The van der Waals surface area contributed by atoms with Crippen LogP contribution < -0.4 is 15.5 Å². The lowest BCUT2D eigenvalue weighted by molar-refractivity contribution is -0.120. The molecule has 2 N–H and O–H groups in total. The zero-order valence-electron chi connectivity index (χ0n) is 14.8. The summed E-state index contributed by atoms with van der Waals surface area (Å²) in [6.07, 6.45) is 3.60. The van der Waals surface area contributed by atoms with Crippen LogP contribution in [-0.4, -0.2) is 31.2 Å². The number of nitrogens with zero attached hydrogens (tertiary/aromatic N) is 1. The van der Waals surface area contributed by atoms with Crippen molar-refractivity contribution >= 4 is 18.0 Å². The number of hydrogen-bond donors (Lipinski definition) is 2. The van der Waals surface area contributed by atoms with Gasteiger partial charge in [0.2, 0.25) is 0 Å². The molecular weight excluding hydrogens is 330 g/mol. The Balaban J connectivity index is 1.73. The maximum Gasteiger partial charge on any atom is 0.259 e. The average molecular weight is 353 g/mol. The first kappa shape index (κ1) is 19.2. The van der Waals surface area contributed by atoms with Gasteiger partial charge in [-0.25, -0.2) is 5.43 Å². The van der Waals surface area contributed by atoms with Crippen LogP contribution in [0.3, 0.4) is 0 Å². The lowest BCUT2D eigenvalue weighted by Gasteiger charge is -2.07. The third-order valence-corrected chi connectivity index (χ3v) is 3.50. The van der Waals surface area contributed by atoms with Crippen LogP contribution in [-0.2, 0) is 4.79 Å². The molecule has 26 heavy (non-hydrogen) atoms. The van der Waals surface area contributed by atoms with E-state index in [9.17, 15) is 9.59 Å². The van der Waals surface area contributed by atoms with E-state index in [0.717, 1.165) is 24.2 Å². The molecule has 2 aromatic rings. The van der Waals surface area contributed by atoms with Crippen LogP contribution in [0.1, 0.15) is 35.7 Å². The summed E-state index contributed by atoms with van der Waals surface area (Å²) in [6.45, 7) is 2.60. The Morgan fingerprint density at radius 2 is 1.81 bits per heavy atom. The summed E-state index contributed by atoms with van der Waals surface area (Å²) in [4.78, 5) is 23.8. The van der Waals surface area contributed by atoms with Crippen molar-refractivity contribution in [3.05, 3.63) is 65.7 Å². The van der Waals surface area contributed by atoms with Crippen molar-refractivity contribution in [1.82, 2.24) is 10.7 Å². The highest BCUT2D eigenvalue weighted by molar-refractivity contribution is 5.96. The zero-order valence-corrected chi connectivity index (χ0v) is 14.8. The quantitative estimate of drug-likeness (QED) is 0.413. The summed E-state index contributed by atoms with van der Waals surface area (Å²) in [7, 11) is 0. The first-order valence-corrected chi connectivity index (χ1v) is 8.57. The Labute approximate surface area is 153 Å². The maximum absolute atomic E-state index is 12.0. The van der Waals surface area contributed by atoms with Crippen LogP contribution in [0.5, 0.6) is 5.75 Å². The lowest BCUT2D eigenvalue weighted by Crippen LogP contribution is -2.34. The molecule has 0 spiro atoms. The van der Waals surface area contributed by atoms with Crippen LogP contribution >= 0.6 is 0 Å². The summed E-state index contributed by atoms with van der Waals surface area (Å²) < 4.78 is 5.55. The van der Waals surface area contributed by atoms with Crippen LogP contribution in [0.2, 0.25) is 0 Å². The van der Waals surface area contributed by atoms with Gasteiger partial charge in [-0.3, -0.25) is 9.59 Å². The van der Waals surface area contributed by atoms with Crippen molar-refractivity contribution in [2.24, 2.45) is 5.10 Å². The number of unbranched alkanes of at least 4 members (excludes halogenated alkanes) is 1. The molecule has 2 rings (SSSR count). The van der Waals surface area contributed by atoms with Crippen molar-refractivity contribution in [3.63, 3.8) is 0 Å². The van der Waals surface area contributed by atoms with E-state index < -0.39 is 5.91 Å². The summed E-state index contributed by atoms with van der Waals surface area (Å²) in [5.41, 5.74) is 3.71. The molecule has 2 amide bonds. The number of amides is 2. The molecule has 0 aliphatic carbocycles. The number of rotatable bonds is 9. The molecular formula is C20H23N3O3. The second kappa shape index (κ2) is 10.7. The van der Waals surface area contributed by atoms with Gasteiger partial charge in [0.25, 0.3) is 11.8 Å². The molecule has 0 unspecified atom stereocenters. The fourth-order valence-electron chi connectivity index (χ4n) is 2.06. The standard InChI is InChI=1S/C20H23N3O3/c1-2-3-13-26-18-11-9-17(10-12-18)20(25)21-15-19(24)23-22-14-16-7-5-4-6-8-16/h4-12,14H,2-3,13,15H2,1H3,(H,21,25)(H,23,24)/b22-14-. The number of hydrazone groups is 1. The van der Waals surface area contributed by atoms with Crippen LogP contribution in [0.15, 0.2) is 59.7 Å². The Morgan fingerprint density at radius 3 is 2.50 bits per heavy atom. The monoisotopic (exact) mass is 353 g/mol. The number of carbonyl (C=O) groups is 2.